The van der Waals surface area contributed by atoms with Gasteiger partial charge in [-0.1, -0.05) is 32.8 Å². The smallest absolute Gasteiger partial charge is 0.169 e. The molecule has 3 heteroatoms. The fourth-order valence-electron chi connectivity index (χ4n) is 1.89. The number of rotatable bonds is 6. The first-order valence-corrected chi connectivity index (χ1v) is 5.99. The summed E-state index contributed by atoms with van der Waals surface area (Å²) in [6.07, 6.45) is 2.24. The first-order chi connectivity index (χ1) is 8.13. The molecule has 2 nitrogen and oxygen atoms in total. The molecule has 0 spiro atoms. The fourth-order valence-corrected chi connectivity index (χ4v) is 1.89. The summed E-state index contributed by atoms with van der Waals surface area (Å²) in [7, 11) is 1.45. The van der Waals surface area contributed by atoms with E-state index in [0.29, 0.717) is 18.1 Å². The molecule has 0 atom stereocenters. The van der Waals surface area contributed by atoms with Gasteiger partial charge in [-0.25, -0.2) is 4.39 Å². The van der Waals surface area contributed by atoms with Gasteiger partial charge in [0, 0.05) is 6.42 Å². The molecule has 0 unspecified atom stereocenters. The molecule has 1 rings (SSSR count). The molecule has 94 valence electrons. The summed E-state index contributed by atoms with van der Waals surface area (Å²) in [6, 6.07) is 4.45. The number of benzene rings is 1. The largest absolute Gasteiger partial charge is 0.496 e. The van der Waals surface area contributed by atoms with E-state index in [9.17, 15) is 9.18 Å². The SMILES string of the molecule is CCC(CC)CC(=O)c1c(F)cccc1OC. The van der Waals surface area contributed by atoms with Crippen LogP contribution in [0.25, 0.3) is 0 Å². The van der Waals surface area contributed by atoms with E-state index < -0.39 is 5.82 Å². The predicted octanol–water partition coefficient (Wildman–Crippen LogP) is 3.84. The molecule has 0 heterocycles. The topological polar surface area (TPSA) is 26.3 Å². The van der Waals surface area contributed by atoms with Gasteiger partial charge in [-0.3, -0.25) is 4.79 Å². The summed E-state index contributed by atoms with van der Waals surface area (Å²) in [5, 5.41) is 0. The van der Waals surface area contributed by atoms with Crippen LogP contribution in [0, 0.1) is 11.7 Å². The Bertz CT molecular complexity index is 384. The van der Waals surface area contributed by atoms with Crippen molar-refractivity contribution in [2.24, 2.45) is 5.92 Å². The third-order valence-corrected chi connectivity index (χ3v) is 3.10. The van der Waals surface area contributed by atoms with E-state index in [0.717, 1.165) is 12.8 Å². The number of methoxy groups -OCH3 is 1. The maximum atomic E-state index is 13.6. The lowest BCUT2D eigenvalue weighted by Crippen LogP contribution is -2.10. The highest BCUT2D eigenvalue weighted by Gasteiger charge is 2.19. The zero-order chi connectivity index (χ0) is 12.8. The molecule has 0 aliphatic carbocycles. The molecule has 0 bridgehead atoms. The van der Waals surface area contributed by atoms with Crippen LogP contribution in [0.15, 0.2) is 18.2 Å². The van der Waals surface area contributed by atoms with E-state index >= 15 is 0 Å². The van der Waals surface area contributed by atoms with Crippen molar-refractivity contribution in [3.05, 3.63) is 29.6 Å². The highest BCUT2D eigenvalue weighted by atomic mass is 19.1. The average molecular weight is 238 g/mol. The molecular weight excluding hydrogens is 219 g/mol. The molecule has 1 aromatic carbocycles. The van der Waals surface area contributed by atoms with Crippen LogP contribution in [0.5, 0.6) is 5.75 Å². The van der Waals surface area contributed by atoms with Gasteiger partial charge in [0.1, 0.15) is 11.6 Å². The summed E-state index contributed by atoms with van der Waals surface area (Å²) in [4.78, 5) is 12.1. The highest BCUT2D eigenvalue weighted by Crippen LogP contribution is 2.25. The number of ether oxygens (including phenoxy) is 1. The van der Waals surface area contributed by atoms with Crippen LogP contribution in [0.4, 0.5) is 4.39 Å². The van der Waals surface area contributed by atoms with Crippen LogP contribution >= 0.6 is 0 Å². The fraction of sp³-hybridized carbons (Fsp3) is 0.500. The monoisotopic (exact) mass is 238 g/mol. The quantitative estimate of drug-likeness (QED) is 0.704. The Morgan fingerprint density at radius 1 is 1.35 bits per heavy atom. The normalized spacial score (nSPS) is 10.6. The Kier molecular flexibility index (Phi) is 5.13. The van der Waals surface area contributed by atoms with E-state index in [1.807, 2.05) is 13.8 Å². The standard InChI is InChI=1S/C14H19FO2/c1-4-10(5-2)9-12(16)14-11(15)7-6-8-13(14)17-3/h6-8,10H,4-5,9H2,1-3H3. The zero-order valence-electron chi connectivity index (χ0n) is 10.6. The van der Waals surface area contributed by atoms with Crippen LogP contribution in [-0.2, 0) is 0 Å². The van der Waals surface area contributed by atoms with Gasteiger partial charge in [0.2, 0.25) is 0 Å². The number of halogens is 1. The Hall–Kier alpha value is -1.38. The van der Waals surface area contributed by atoms with Crippen molar-refractivity contribution in [3.8, 4) is 5.75 Å². The molecule has 0 aromatic heterocycles. The molecular formula is C14H19FO2. The molecule has 0 saturated carbocycles. The molecule has 0 radical (unpaired) electrons. The lowest BCUT2D eigenvalue weighted by molar-refractivity contribution is 0.0951. The lowest BCUT2D eigenvalue weighted by Gasteiger charge is -2.13. The molecule has 0 aliphatic rings. The molecule has 0 aliphatic heterocycles. The number of Topliss-reactive ketones (excluding diaryl/α,β-unsaturated/α-hetero) is 1. The summed E-state index contributed by atoms with van der Waals surface area (Å²) < 4.78 is 18.7. The Morgan fingerprint density at radius 2 is 2.00 bits per heavy atom. The third kappa shape index (κ3) is 3.29. The molecule has 0 saturated heterocycles. The molecule has 0 fully saturated rings. The van der Waals surface area contributed by atoms with Gasteiger partial charge in [-0.05, 0) is 18.1 Å². The van der Waals surface area contributed by atoms with Crippen LogP contribution in [0.2, 0.25) is 0 Å². The van der Waals surface area contributed by atoms with Gasteiger partial charge in [0.05, 0.1) is 12.7 Å². The summed E-state index contributed by atoms with van der Waals surface area (Å²) >= 11 is 0. The van der Waals surface area contributed by atoms with Crippen molar-refractivity contribution < 1.29 is 13.9 Å². The van der Waals surface area contributed by atoms with Gasteiger partial charge < -0.3 is 4.74 Å². The number of hydrogen-bond acceptors (Lipinski definition) is 2. The van der Waals surface area contributed by atoms with Crippen molar-refractivity contribution >= 4 is 5.78 Å². The second-order valence-electron chi connectivity index (χ2n) is 4.13. The van der Waals surface area contributed by atoms with Crippen molar-refractivity contribution in [1.82, 2.24) is 0 Å². The zero-order valence-corrected chi connectivity index (χ0v) is 10.6. The van der Waals surface area contributed by atoms with Crippen molar-refractivity contribution in [2.45, 2.75) is 33.1 Å². The number of hydrogen-bond donors (Lipinski definition) is 0. The predicted molar refractivity (Wildman–Crippen MR) is 66.0 cm³/mol. The maximum absolute atomic E-state index is 13.6. The summed E-state index contributed by atoms with van der Waals surface area (Å²) in [5.41, 5.74) is 0.0851. The number of carbonyl (C=O) groups is 1. The second-order valence-corrected chi connectivity index (χ2v) is 4.13. The second kappa shape index (κ2) is 6.38. The maximum Gasteiger partial charge on any atom is 0.169 e. The number of carbonyl (C=O) groups excluding carboxylic acids is 1. The minimum Gasteiger partial charge on any atom is -0.496 e. The van der Waals surface area contributed by atoms with Crippen molar-refractivity contribution in [3.63, 3.8) is 0 Å². The number of ketones is 1. The van der Waals surface area contributed by atoms with Crippen molar-refractivity contribution in [2.75, 3.05) is 7.11 Å². The minimum atomic E-state index is -0.500. The first-order valence-electron chi connectivity index (χ1n) is 5.99. The van der Waals surface area contributed by atoms with Gasteiger partial charge in [-0.15, -0.1) is 0 Å². The van der Waals surface area contributed by atoms with E-state index in [2.05, 4.69) is 0 Å². The van der Waals surface area contributed by atoms with E-state index in [1.54, 1.807) is 12.1 Å². The van der Waals surface area contributed by atoms with Crippen LogP contribution < -0.4 is 4.74 Å². The van der Waals surface area contributed by atoms with Gasteiger partial charge in [0.25, 0.3) is 0 Å². The molecule has 0 amide bonds. The van der Waals surface area contributed by atoms with Crippen molar-refractivity contribution in [1.29, 1.82) is 0 Å². The van der Waals surface area contributed by atoms with Crippen LogP contribution in [-0.4, -0.2) is 12.9 Å². The van der Waals surface area contributed by atoms with Gasteiger partial charge in [0.15, 0.2) is 5.78 Å². The molecule has 17 heavy (non-hydrogen) atoms. The van der Waals surface area contributed by atoms with E-state index in [-0.39, 0.29) is 11.3 Å². The summed E-state index contributed by atoms with van der Waals surface area (Å²) in [5.74, 6) is -0.0401. The Morgan fingerprint density at radius 3 is 2.53 bits per heavy atom. The molecule has 1 aromatic rings. The highest BCUT2D eigenvalue weighted by molar-refractivity contribution is 5.99. The third-order valence-electron chi connectivity index (χ3n) is 3.10. The van der Waals surface area contributed by atoms with Gasteiger partial charge in [-0.2, -0.15) is 0 Å². The van der Waals surface area contributed by atoms with E-state index in [4.69, 9.17) is 4.74 Å². The minimum absolute atomic E-state index is 0.0851. The van der Waals surface area contributed by atoms with Crippen LogP contribution in [0.3, 0.4) is 0 Å². The molecule has 0 N–H and O–H groups in total. The lowest BCUT2D eigenvalue weighted by atomic mass is 9.93. The Balaban J connectivity index is 2.95. The first kappa shape index (κ1) is 13.7. The Labute approximate surface area is 102 Å². The van der Waals surface area contributed by atoms with Crippen LogP contribution in [0.1, 0.15) is 43.5 Å². The summed E-state index contributed by atoms with van der Waals surface area (Å²) in [6.45, 7) is 4.08. The van der Waals surface area contributed by atoms with E-state index in [1.165, 1.54) is 13.2 Å². The van der Waals surface area contributed by atoms with Gasteiger partial charge >= 0.3 is 0 Å². The average Bonchev–Trinajstić information content (AvgIpc) is 2.35.